The summed E-state index contributed by atoms with van der Waals surface area (Å²) in [6, 6.07) is 5.71. The number of ether oxygens (including phenoxy) is 1. The van der Waals surface area contributed by atoms with Gasteiger partial charge >= 0.3 is 0 Å². The first-order chi connectivity index (χ1) is 9.61. The molecule has 0 saturated carbocycles. The Morgan fingerprint density at radius 3 is 2.90 bits per heavy atom. The summed E-state index contributed by atoms with van der Waals surface area (Å²) in [6.45, 7) is 4.64. The molecule has 0 radical (unpaired) electrons. The molecule has 1 atom stereocenters. The zero-order valence-electron chi connectivity index (χ0n) is 12.0. The van der Waals surface area contributed by atoms with Gasteiger partial charge in [0, 0.05) is 26.6 Å². The van der Waals surface area contributed by atoms with Gasteiger partial charge in [-0.3, -0.25) is 4.79 Å². The second-order valence-corrected chi connectivity index (χ2v) is 5.50. The van der Waals surface area contributed by atoms with Crippen molar-refractivity contribution in [1.82, 2.24) is 10.2 Å². The van der Waals surface area contributed by atoms with E-state index < -0.39 is 6.10 Å². The van der Waals surface area contributed by atoms with Crippen LogP contribution in [0.1, 0.15) is 25.3 Å². The molecule has 4 nitrogen and oxygen atoms in total. The average Bonchev–Trinajstić information content (AvgIpc) is 2.74. The Labute approximate surface area is 125 Å². The zero-order valence-corrected chi connectivity index (χ0v) is 12.7. The first kappa shape index (κ1) is 15.1. The van der Waals surface area contributed by atoms with E-state index in [0.29, 0.717) is 17.2 Å². The summed E-state index contributed by atoms with van der Waals surface area (Å²) in [5.41, 5.74) is 1.12. The molecular weight excluding hydrogens is 276 g/mol. The molecule has 1 N–H and O–H groups in total. The molecule has 1 aromatic rings. The topological polar surface area (TPSA) is 41.6 Å². The summed E-state index contributed by atoms with van der Waals surface area (Å²) in [6.07, 6.45) is 1.42. The molecule has 0 aromatic heterocycles. The molecule has 1 saturated heterocycles. The molecule has 1 fully saturated rings. The number of nitrogens with zero attached hydrogens (tertiary/aromatic N) is 1. The average molecular weight is 297 g/mol. The van der Waals surface area contributed by atoms with Crippen LogP contribution in [-0.4, -0.2) is 37.0 Å². The van der Waals surface area contributed by atoms with Crippen molar-refractivity contribution in [2.75, 3.05) is 20.1 Å². The summed E-state index contributed by atoms with van der Waals surface area (Å²) in [5, 5.41) is 3.88. The molecule has 1 aliphatic heterocycles. The van der Waals surface area contributed by atoms with Crippen LogP contribution in [0.15, 0.2) is 18.2 Å². The van der Waals surface area contributed by atoms with Gasteiger partial charge in [0.25, 0.3) is 5.91 Å². The van der Waals surface area contributed by atoms with Crippen molar-refractivity contribution in [3.8, 4) is 5.75 Å². The van der Waals surface area contributed by atoms with E-state index in [4.69, 9.17) is 16.3 Å². The molecule has 20 heavy (non-hydrogen) atoms. The van der Waals surface area contributed by atoms with E-state index in [0.717, 1.165) is 31.6 Å². The van der Waals surface area contributed by atoms with Gasteiger partial charge in [-0.25, -0.2) is 0 Å². The zero-order chi connectivity index (χ0) is 14.5. The molecular formula is C15H21ClN2O2. The van der Waals surface area contributed by atoms with Crippen molar-refractivity contribution >= 4 is 17.5 Å². The predicted molar refractivity (Wildman–Crippen MR) is 80.1 cm³/mol. The number of rotatable bonds is 6. The highest BCUT2D eigenvalue weighted by atomic mass is 35.5. The Bertz CT molecular complexity index is 479. The molecule has 1 heterocycles. The summed E-state index contributed by atoms with van der Waals surface area (Å²) in [7, 11) is 1.79. The molecule has 1 aromatic carbocycles. The quantitative estimate of drug-likeness (QED) is 0.820. The van der Waals surface area contributed by atoms with E-state index in [-0.39, 0.29) is 5.91 Å². The maximum atomic E-state index is 11.8. The third-order valence-corrected chi connectivity index (χ3v) is 3.70. The van der Waals surface area contributed by atoms with E-state index in [1.807, 2.05) is 18.2 Å². The number of carbonyl (C=O) groups excluding carboxylic acids is 1. The van der Waals surface area contributed by atoms with Gasteiger partial charge in [-0.15, -0.1) is 0 Å². The monoisotopic (exact) mass is 296 g/mol. The van der Waals surface area contributed by atoms with Crippen LogP contribution in [0.4, 0.5) is 0 Å². The Morgan fingerprint density at radius 2 is 2.30 bits per heavy atom. The summed E-state index contributed by atoms with van der Waals surface area (Å²) >= 11 is 6.23. The first-order valence-electron chi connectivity index (χ1n) is 7.02. The second kappa shape index (κ2) is 6.95. The second-order valence-electron chi connectivity index (χ2n) is 5.10. The van der Waals surface area contributed by atoms with Gasteiger partial charge in [-0.05, 0) is 30.7 Å². The number of likely N-dealkylation sites (tertiary alicyclic amines) is 1. The Morgan fingerprint density at radius 1 is 1.50 bits per heavy atom. The number of benzene rings is 1. The fraction of sp³-hybridized carbons (Fsp3) is 0.533. The number of likely N-dealkylation sites (N-methyl/N-ethyl adjacent to an activating group) is 1. The summed E-state index contributed by atoms with van der Waals surface area (Å²) in [5.74, 6) is 0.606. The molecule has 1 aliphatic rings. The smallest absolute Gasteiger partial charge is 0.263 e. The number of amides is 1. The Hall–Kier alpha value is -1.26. The highest BCUT2D eigenvalue weighted by Crippen LogP contribution is 2.28. The van der Waals surface area contributed by atoms with Gasteiger partial charge < -0.3 is 15.0 Å². The fourth-order valence-electron chi connectivity index (χ4n) is 2.21. The third-order valence-electron chi connectivity index (χ3n) is 3.40. The minimum atomic E-state index is -0.401. The van der Waals surface area contributed by atoms with E-state index in [1.165, 1.54) is 0 Å². The minimum absolute atomic E-state index is 0.0229. The van der Waals surface area contributed by atoms with Gasteiger partial charge in [-0.1, -0.05) is 24.6 Å². The first-order valence-corrected chi connectivity index (χ1v) is 7.40. The highest BCUT2D eigenvalue weighted by molar-refractivity contribution is 6.32. The maximum Gasteiger partial charge on any atom is 0.263 e. The van der Waals surface area contributed by atoms with Crippen LogP contribution in [0.2, 0.25) is 5.02 Å². The summed E-state index contributed by atoms with van der Waals surface area (Å²) < 4.78 is 5.73. The van der Waals surface area contributed by atoms with Crippen molar-refractivity contribution in [3.63, 3.8) is 0 Å². The number of carbonyl (C=O) groups is 1. The van der Waals surface area contributed by atoms with Crippen molar-refractivity contribution < 1.29 is 9.53 Å². The van der Waals surface area contributed by atoms with Crippen molar-refractivity contribution in [2.45, 2.75) is 32.4 Å². The number of hydrogen-bond donors (Lipinski definition) is 1. The third kappa shape index (κ3) is 3.64. The van der Waals surface area contributed by atoms with Crippen LogP contribution in [0.25, 0.3) is 0 Å². The number of nitrogens with one attached hydrogen (secondary N) is 1. The van der Waals surface area contributed by atoms with Crippen LogP contribution in [-0.2, 0) is 11.3 Å². The molecule has 110 valence electrons. The van der Waals surface area contributed by atoms with E-state index >= 15 is 0 Å². The van der Waals surface area contributed by atoms with Gasteiger partial charge in [0.2, 0.25) is 0 Å². The van der Waals surface area contributed by atoms with Gasteiger partial charge in [0.1, 0.15) is 5.75 Å². The lowest BCUT2D eigenvalue weighted by molar-refractivity contribution is -0.132. The molecule has 2 rings (SSSR count). The van der Waals surface area contributed by atoms with Crippen LogP contribution >= 0.6 is 11.6 Å². The summed E-state index contributed by atoms with van der Waals surface area (Å²) in [4.78, 5) is 13.5. The number of hydrogen-bond acceptors (Lipinski definition) is 3. The Kier molecular flexibility index (Phi) is 5.26. The van der Waals surface area contributed by atoms with Gasteiger partial charge in [-0.2, -0.15) is 0 Å². The lowest BCUT2D eigenvalue weighted by Crippen LogP contribution is -2.29. The minimum Gasteiger partial charge on any atom is -0.479 e. The SMILES string of the molecule is CCCNCc1ccc(OC2CCN(C)C2=O)c(Cl)c1. The molecule has 0 aliphatic carbocycles. The van der Waals surface area contributed by atoms with E-state index in [1.54, 1.807) is 11.9 Å². The normalized spacial score (nSPS) is 18.6. The van der Waals surface area contributed by atoms with Crippen molar-refractivity contribution in [1.29, 1.82) is 0 Å². The highest BCUT2D eigenvalue weighted by Gasteiger charge is 2.31. The van der Waals surface area contributed by atoms with Crippen LogP contribution in [0.5, 0.6) is 5.75 Å². The van der Waals surface area contributed by atoms with Crippen molar-refractivity contribution in [3.05, 3.63) is 28.8 Å². The maximum absolute atomic E-state index is 11.8. The van der Waals surface area contributed by atoms with Gasteiger partial charge in [0.15, 0.2) is 6.10 Å². The lowest BCUT2D eigenvalue weighted by atomic mass is 10.2. The number of halogens is 1. The largest absolute Gasteiger partial charge is 0.479 e. The Balaban J connectivity index is 1.97. The lowest BCUT2D eigenvalue weighted by Gasteiger charge is -2.14. The molecule has 1 unspecified atom stereocenters. The fourth-order valence-corrected chi connectivity index (χ4v) is 2.46. The standard InChI is InChI=1S/C15H21ClN2O2/c1-3-7-17-10-11-4-5-13(12(16)9-11)20-14-6-8-18(2)15(14)19/h4-5,9,14,17H,3,6-8,10H2,1-2H3. The molecule has 0 spiro atoms. The van der Waals surface area contributed by atoms with Crippen molar-refractivity contribution in [2.24, 2.45) is 0 Å². The van der Waals surface area contributed by atoms with Crippen LogP contribution in [0, 0.1) is 0 Å². The van der Waals surface area contributed by atoms with Crippen LogP contribution < -0.4 is 10.1 Å². The van der Waals surface area contributed by atoms with E-state index in [9.17, 15) is 4.79 Å². The van der Waals surface area contributed by atoms with Gasteiger partial charge in [0.05, 0.1) is 5.02 Å². The molecule has 0 bridgehead atoms. The van der Waals surface area contributed by atoms with E-state index in [2.05, 4.69) is 12.2 Å². The molecule has 1 amide bonds. The molecule has 5 heteroatoms. The predicted octanol–water partition coefficient (Wildman–Crippen LogP) is 2.45. The van der Waals surface area contributed by atoms with Crippen LogP contribution in [0.3, 0.4) is 0 Å².